The summed E-state index contributed by atoms with van der Waals surface area (Å²) in [5, 5.41) is 10.7. The van der Waals surface area contributed by atoms with Gasteiger partial charge in [-0.15, -0.1) is 0 Å². The lowest BCUT2D eigenvalue weighted by atomic mass is 9.62. The van der Waals surface area contributed by atoms with Crippen LogP contribution in [0.3, 0.4) is 0 Å². The Morgan fingerprint density at radius 1 is 1.16 bits per heavy atom. The van der Waals surface area contributed by atoms with Gasteiger partial charge in [0, 0.05) is 5.92 Å². The zero-order valence-electron chi connectivity index (χ0n) is 12.1. The highest BCUT2D eigenvalue weighted by Crippen LogP contribution is 2.54. The van der Waals surface area contributed by atoms with Crippen molar-refractivity contribution in [2.45, 2.75) is 57.3 Å². The Hall–Kier alpha value is -0.860. The summed E-state index contributed by atoms with van der Waals surface area (Å²) in [6.07, 6.45) is 3.04. The van der Waals surface area contributed by atoms with Gasteiger partial charge in [-0.1, -0.05) is 30.3 Å². The third kappa shape index (κ3) is 2.21. The molecule has 4 atom stereocenters. The Morgan fingerprint density at radius 3 is 2.53 bits per heavy atom. The van der Waals surface area contributed by atoms with E-state index in [9.17, 15) is 5.11 Å². The van der Waals surface area contributed by atoms with Gasteiger partial charge in [-0.25, -0.2) is 0 Å². The number of hydrogen-bond acceptors (Lipinski definition) is 2. The van der Waals surface area contributed by atoms with Gasteiger partial charge in [0.2, 0.25) is 0 Å². The van der Waals surface area contributed by atoms with Gasteiger partial charge in [0.05, 0.1) is 17.3 Å². The monoisotopic (exact) mass is 260 g/mol. The van der Waals surface area contributed by atoms with Crippen LogP contribution in [0.2, 0.25) is 0 Å². The van der Waals surface area contributed by atoms with Gasteiger partial charge in [-0.2, -0.15) is 0 Å². The summed E-state index contributed by atoms with van der Waals surface area (Å²) < 4.78 is 6.40. The number of aliphatic hydroxyl groups is 1. The summed E-state index contributed by atoms with van der Waals surface area (Å²) in [6, 6.07) is 10.4. The van der Waals surface area contributed by atoms with E-state index in [4.69, 9.17) is 4.74 Å². The predicted octanol–water partition coefficient (Wildman–Crippen LogP) is 3.70. The lowest BCUT2D eigenvalue weighted by Crippen LogP contribution is -2.54. The molecular formula is C17H24O2. The van der Waals surface area contributed by atoms with Crippen molar-refractivity contribution in [3.63, 3.8) is 0 Å². The quantitative estimate of drug-likeness (QED) is 0.834. The Balaban J connectivity index is 1.98. The average molecular weight is 260 g/mol. The van der Waals surface area contributed by atoms with Gasteiger partial charge in [-0.3, -0.25) is 0 Å². The van der Waals surface area contributed by atoms with Gasteiger partial charge < -0.3 is 9.84 Å². The van der Waals surface area contributed by atoms with Crippen molar-refractivity contribution in [2.75, 3.05) is 0 Å². The molecule has 0 radical (unpaired) electrons. The van der Waals surface area contributed by atoms with Gasteiger partial charge in [-0.05, 0) is 51.5 Å². The highest BCUT2D eigenvalue weighted by Gasteiger charge is 2.52. The van der Waals surface area contributed by atoms with Crippen molar-refractivity contribution in [2.24, 2.45) is 11.8 Å². The largest absolute Gasteiger partial charge is 0.390 e. The summed E-state index contributed by atoms with van der Waals surface area (Å²) in [4.78, 5) is 0. The Labute approximate surface area is 115 Å². The first kappa shape index (κ1) is 13.1. The molecule has 1 saturated carbocycles. The number of benzene rings is 1. The van der Waals surface area contributed by atoms with Crippen molar-refractivity contribution in [1.29, 1.82) is 0 Å². The molecular weight excluding hydrogens is 236 g/mol. The van der Waals surface area contributed by atoms with Crippen LogP contribution in [0.25, 0.3) is 0 Å². The molecule has 1 aromatic carbocycles. The zero-order chi connectivity index (χ0) is 13.7. The molecule has 1 N–H and O–H groups in total. The third-order valence-corrected chi connectivity index (χ3v) is 5.24. The molecule has 2 aliphatic rings. The van der Waals surface area contributed by atoms with Gasteiger partial charge in [0.1, 0.15) is 0 Å². The second kappa shape index (κ2) is 4.32. The maximum atomic E-state index is 10.7. The summed E-state index contributed by atoms with van der Waals surface area (Å²) in [7, 11) is 0. The molecule has 104 valence electrons. The van der Waals surface area contributed by atoms with Crippen LogP contribution in [0, 0.1) is 11.8 Å². The number of rotatable bonds is 1. The molecule has 2 bridgehead atoms. The first-order valence-corrected chi connectivity index (χ1v) is 7.35. The maximum Gasteiger partial charge on any atom is 0.0887 e. The van der Waals surface area contributed by atoms with Crippen LogP contribution in [0.1, 0.15) is 51.7 Å². The zero-order valence-corrected chi connectivity index (χ0v) is 12.1. The number of hydrogen-bond donors (Lipinski definition) is 1. The highest BCUT2D eigenvalue weighted by molar-refractivity contribution is 5.21. The van der Waals surface area contributed by atoms with Crippen LogP contribution in [-0.4, -0.2) is 16.3 Å². The van der Waals surface area contributed by atoms with Gasteiger partial charge in [0.15, 0.2) is 0 Å². The summed E-state index contributed by atoms with van der Waals surface area (Å²) in [5.41, 5.74) is 0.502. The molecule has 0 aromatic heterocycles. The van der Waals surface area contributed by atoms with E-state index in [2.05, 4.69) is 38.1 Å². The Bertz CT molecular complexity index is 448. The van der Waals surface area contributed by atoms with E-state index < -0.39 is 5.60 Å². The van der Waals surface area contributed by atoms with E-state index in [1.807, 2.05) is 13.0 Å². The molecule has 1 aromatic rings. The van der Waals surface area contributed by atoms with Crippen LogP contribution in [0.4, 0.5) is 0 Å². The molecule has 4 unspecified atom stereocenters. The topological polar surface area (TPSA) is 29.5 Å². The molecule has 2 nitrogen and oxygen atoms in total. The minimum absolute atomic E-state index is 0.0164. The molecule has 1 aliphatic heterocycles. The fraction of sp³-hybridized carbons (Fsp3) is 0.647. The van der Waals surface area contributed by atoms with E-state index in [1.54, 1.807) is 0 Å². The normalized spacial score (nSPS) is 40.9. The summed E-state index contributed by atoms with van der Waals surface area (Å²) in [6.45, 7) is 6.37. The minimum atomic E-state index is -0.604. The lowest BCUT2D eigenvalue weighted by molar-refractivity contribution is -0.232. The van der Waals surface area contributed by atoms with Crippen molar-refractivity contribution < 1.29 is 9.84 Å². The second-order valence-corrected chi connectivity index (χ2v) is 6.99. The molecule has 1 aliphatic carbocycles. The summed E-state index contributed by atoms with van der Waals surface area (Å²) >= 11 is 0. The fourth-order valence-corrected chi connectivity index (χ4v) is 3.86. The smallest absolute Gasteiger partial charge is 0.0887 e. The average Bonchev–Trinajstić information content (AvgIpc) is 2.36. The number of fused-ring (bicyclic) bond motifs is 2. The number of ether oxygens (including phenoxy) is 1. The molecule has 2 fully saturated rings. The van der Waals surface area contributed by atoms with Crippen molar-refractivity contribution in [3.8, 4) is 0 Å². The third-order valence-electron chi connectivity index (χ3n) is 5.24. The molecule has 2 heteroatoms. The predicted molar refractivity (Wildman–Crippen MR) is 75.8 cm³/mol. The van der Waals surface area contributed by atoms with Crippen LogP contribution < -0.4 is 0 Å². The fourth-order valence-electron chi connectivity index (χ4n) is 3.86. The Kier molecular flexibility index (Phi) is 2.99. The molecule has 1 heterocycles. The first-order chi connectivity index (χ1) is 8.90. The van der Waals surface area contributed by atoms with Crippen LogP contribution in [-0.2, 0) is 4.74 Å². The molecule has 19 heavy (non-hydrogen) atoms. The van der Waals surface area contributed by atoms with Crippen molar-refractivity contribution in [1.82, 2.24) is 0 Å². The van der Waals surface area contributed by atoms with Crippen LogP contribution in [0.15, 0.2) is 30.3 Å². The van der Waals surface area contributed by atoms with Crippen molar-refractivity contribution in [3.05, 3.63) is 35.9 Å². The first-order valence-electron chi connectivity index (χ1n) is 7.35. The van der Waals surface area contributed by atoms with E-state index in [0.717, 1.165) is 19.3 Å². The SMILES string of the molecule is CC1(O)CCC2CC1C(c1ccccc1)OC2(C)C. The van der Waals surface area contributed by atoms with E-state index in [1.165, 1.54) is 5.56 Å². The van der Waals surface area contributed by atoms with Crippen LogP contribution in [0.5, 0.6) is 0 Å². The maximum absolute atomic E-state index is 10.7. The van der Waals surface area contributed by atoms with Gasteiger partial charge >= 0.3 is 0 Å². The van der Waals surface area contributed by atoms with E-state index in [-0.39, 0.29) is 17.6 Å². The van der Waals surface area contributed by atoms with Gasteiger partial charge in [0.25, 0.3) is 0 Å². The van der Waals surface area contributed by atoms with Crippen LogP contribution >= 0.6 is 0 Å². The lowest BCUT2D eigenvalue weighted by Gasteiger charge is -2.55. The highest BCUT2D eigenvalue weighted by atomic mass is 16.5. The molecule has 0 amide bonds. The minimum Gasteiger partial charge on any atom is -0.390 e. The standard InChI is InChI=1S/C17H24O2/c1-16(2)13-9-10-17(3,18)14(11-13)15(19-16)12-7-5-4-6-8-12/h4-8,13-15,18H,9-11H2,1-3H3. The second-order valence-electron chi connectivity index (χ2n) is 6.99. The Morgan fingerprint density at radius 2 is 1.84 bits per heavy atom. The molecule has 0 spiro atoms. The molecule has 3 rings (SSSR count). The van der Waals surface area contributed by atoms with E-state index >= 15 is 0 Å². The summed E-state index contributed by atoms with van der Waals surface area (Å²) in [5.74, 6) is 0.777. The van der Waals surface area contributed by atoms with E-state index in [0.29, 0.717) is 5.92 Å². The van der Waals surface area contributed by atoms with Crippen molar-refractivity contribution >= 4 is 0 Å². The molecule has 1 saturated heterocycles.